The van der Waals surface area contributed by atoms with Crippen LogP contribution in [-0.2, 0) is 0 Å². The van der Waals surface area contributed by atoms with Gasteiger partial charge in [-0.05, 0) is 25.1 Å². The molecule has 3 rings (SSSR count). The third-order valence-corrected chi connectivity index (χ3v) is 2.98. The number of hydrogen-bond donors (Lipinski definition) is 2. The summed E-state index contributed by atoms with van der Waals surface area (Å²) in [5.41, 5.74) is 9.49. The number of ether oxygens (including phenoxy) is 1. The number of aromatic nitrogens is 2. The first-order valence-corrected chi connectivity index (χ1v) is 5.57. The summed E-state index contributed by atoms with van der Waals surface area (Å²) in [5.74, 6) is 1.06. The zero-order valence-corrected chi connectivity index (χ0v) is 10.2. The number of fused-ring (bicyclic) bond motifs is 1. The number of nitrogens with zero attached hydrogens (tertiary/aromatic N) is 1. The zero-order valence-electron chi connectivity index (χ0n) is 10.2. The number of hydrogen-bond acceptors (Lipinski definition) is 4. The molecule has 0 atom stereocenters. The van der Waals surface area contributed by atoms with E-state index < -0.39 is 0 Å². The zero-order chi connectivity index (χ0) is 12.7. The smallest absolute Gasteiger partial charge is 0.230 e. The Morgan fingerprint density at radius 3 is 2.83 bits per heavy atom. The first-order valence-electron chi connectivity index (χ1n) is 5.57. The minimum Gasteiger partial charge on any atom is -0.495 e. The van der Waals surface area contributed by atoms with E-state index in [1.165, 1.54) is 0 Å². The minimum absolute atomic E-state index is 0.292. The lowest BCUT2D eigenvalue weighted by molar-refractivity contribution is 0.421. The van der Waals surface area contributed by atoms with E-state index in [0.717, 1.165) is 33.5 Å². The van der Waals surface area contributed by atoms with Gasteiger partial charge < -0.3 is 20.0 Å². The lowest BCUT2D eigenvalue weighted by Gasteiger charge is -2.08. The molecule has 3 aromatic rings. The number of methoxy groups -OCH3 is 1. The molecule has 3 N–H and O–H groups in total. The van der Waals surface area contributed by atoms with Gasteiger partial charge in [0.2, 0.25) is 5.88 Å². The van der Waals surface area contributed by atoms with E-state index in [-0.39, 0.29) is 0 Å². The third kappa shape index (κ3) is 1.44. The highest BCUT2D eigenvalue weighted by atomic mass is 16.5. The molecule has 0 amide bonds. The van der Waals surface area contributed by atoms with Gasteiger partial charge in [0.1, 0.15) is 5.75 Å². The van der Waals surface area contributed by atoms with Crippen molar-refractivity contribution in [3.8, 4) is 16.9 Å². The fourth-order valence-electron chi connectivity index (χ4n) is 2.20. The standard InChI is InChI=1S/C13H13N3O2/c1-7-5-9-11(16-7)4-3-8(12(9)17-2)10-6-15-18-13(10)14/h3-6,16H,14H2,1-2H3. The van der Waals surface area contributed by atoms with Crippen LogP contribution in [0.1, 0.15) is 5.69 Å². The Kier molecular flexibility index (Phi) is 2.26. The molecular formula is C13H13N3O2. The molecule has 0 radical (unpaired) electrons. The average Bonchev–Trinajstić information content (AvgIpc) is 2.92. The minimum atomic E-state index is 0.292. The fraction of sp³-hybridized carbons (Fsp3) is 0.154. The second-order valence-corrected chi connectivity index (χ2v) is 4.16. The highest BCUT2D eigenvalue weighted by molar-refractivity contribution is 5.95. The van der Waals surface area contributed by atoms with Crippen molar-refractivity contribution in [1.29, 1.82) is 0 Å². The number of aromatic amines is 1. The van der Waals surface area contributed by atoms with E-state index in [4.69, 9.17) is 15.0 Å². The summed E-state index contributed by atoms with van der Waals surface area (Å²) in [4.78, 5) is 3.27. The lowest BCUT2D eigenvalue weighted by Crippen LogP contribution is -1.90. The molecule has 0 bridgehead atoms. The van der Waals surface area contributed by atoms with Crippen LogP contribution in [0.3, 0.4) is 0 Å². The number of rotatable bonds is 2. The molecular weight excluding hydrogens is 230 g/mol. The summed E-state index contributed by atoms with van der Waals surface area (Å²) in [5, 5.41) is 4.72. The van der Waals surface area contributed by atoms with E-state index in [9.17, 15) is 0 Å². The molecule has 0 fully saturated rings. The Balaban J connectivity index is 2.33. The Labute approximate surface area is 104 Å². The van der Waals surface area contributed by atoms with Crippen molar-refractivity contribution >= 4 is 16.8 Å². The number of nitrogen functional groups attached to an aromatic ring is 1. The molecule has 0 aliphatic rings. The first kappa shape index (κ1) is 10.7. The molecule has 5 heteroatoms. The maximum Gasteiger partial charge on any atom is 0.230 e. The number of H-pyrrole nitrogens is 1. The van der Waals surface area contributed by atoms with E-state index in [2.05, 4.69) is 10.1 Å². The molecule has 18 heavy (non-hydrogen) atoms. The molecule has 0 unspecified atom stereocenters. The van der Waals surface area contributed by atoms with Crippen molar-refractivity contribution < 1.29 is 9.26 Å². The molecule has 2 heterocycles. The summed E-state index contributed by atoms with van der Waals surface area (Å²) in [7, 11) is 1.64. The lowest BCUT2D eigenvalue weighted by atomic mass is 10.0. The van der Waals surface area contributed by atoms with Gasteiger partial charge in [-0.3, -0.25) is 0 Å². The summed E-state index contributed by atoms with van der Waals surface area (Å²) in [6.45, 7) is 2.01. The number of anilines is 1. The topological polar surface area (TPSA) is 77.1 Å². The van der Waals surface area contributed by atoms with Crippen LogP contribution < -0.4 is 10.5 Å². The molecule has 5 nitrogen and oxygen atoms in total. The molecule has 0 spiro atoms. The summed E-state index contributed by atoms with van der Waals surface area (Å²) < 4.78 is 10.4. The molecule has 0 saturated carbocycles. The van der Waals surface area contributed by atoms with Gasteiger partial charge in [-0.15, -0.1) is 0 Å². The second-order valence-electron chi connectivity index (χ2n) is 4.16. The van der Waals surface area contributed by atoms with Crippen LogP contribution in [0.25, 0.3) is 22.0 Å². The Morgan fingerprint density at radius 2 is 2.17 bits per heavy atom. The van der Waals surface area contributed by atoms with E-state index in [0.29, 0.717) is 5.88 Å². The highest BCUT2D eigenvalue weighted by Gasteiger charge is 2.16. The van der Waals surface area contributed by atoms with Crippen LogP contribution in [0.5, 0.6) is 5.75 Å². The summed E-state index contributed by atoms with van der Waals surface area (Å²) in [6.07, 6.45) is 1.60. The number of nitrogens with two attached hydrogens (primary N) is 1. The van der Waals surface area contributed by atoms with Crippen molar-refractivity contribution in [2.75, 3.05) is 12.8 Å². The predicted molar refractivity (Wildman–Crippen MR) is 69.5 cm³/mol. The van der Waals surface area contributed by atoms with Crippen LogP contribution in [-0.4, -0.2) is 17.3 Å². The van der Waals surface area contributed by atoms with Gasteiger partial charge in [0, 0.05) is 22.2 Å². The van der Waals surface area contributed by atoms with E-state index >= 15 is 0 Å². The number of benzene rings is 1. The SMILES string of the molecule is COc1c(-c2cnoc2N)ccc2[nH]c(C)cc12. The molecule has 0 aliphatic carbocycles. The quantitative estimate of drug-likeness (QED) is 0.725. The van der Waals surface area contributed by atoms with Gasteiger partial charge in [-0.25, -0.2) is 0 Å². The van der Waals surface area contributed by atoms with Crippen molar-refractivity contribution in [3.05, 3.63) is 30.1 Å². The van der Waals surface area contributed by atoms with Gasteiger partial charge in [0.05, 0.1) is 18.9 Å². The van der Waals surface area contributed by atoms with Crippen molar-refractivity contribution in [2.24, 2.45) is 0 Å². The Bertz CT molecular complexity index is 712. The van der Waals surface area contributed by atoms with Gasteiger partial charge in [-0.1, -0.05) is 5.16 Å². The molecule has 1 aromatic carbocycles. The molecule has 2 aromatic heterocycles. The first-order chi connectivity index (χ1) is 8.70. The third-order valence-electron chi connectivity index (χ3n) is 2.98. The largest absolute Gasteiger partial charge is 0.495 e. The summed E-state index contributed by atoms with van der Waals surface area (Å²) >= 11 is 0. The number of nitrogens with one attached hydrogen (secondary N) is 1. The molecule has 0 aliphatic heterocycles. The van der Waals surface area contributed by atoms with Crippen molar-refractivity contribution in [1.82, 2.24) is 10.1 Å². The van der Waals surface area contributed by atoms with Crippen molar-refractivity contribution in [3.63, 3.8) is 0 Å². The van der Waals surface area contributed by atoms with E-state index in [1.807, 2.05) is 25.1 Å². The van der Waals surface area contributed by atoms with E-state index in [1.54, 1.807) is 13.3 Å². The normalized spacial score (nSPS) is 11.0. The van der Waals surface area contributed by atoms with Crippen LogP contribution in [0.2, 0.25) is 0 Å². The monoisotopic (exact) mass is 243 g/mol. The van der Waals surface area contributed by atoms with Gasteiger partial charge in [-0.2, -0.15) is 0 Å². The maximum absolute atomic E-state index is 5.75. The fourth-order valence-corrected chi connectivity index (χ4v) is 2.20. The van der Waals surface area contributed by atoms with Gasteiger partial charge >= 0.3 is 0 Å². The van der Waals surface area contributed by atoms with Crippen LogP contribution in [0, 0.1) is 6.92 Å². The van der Waals surface area contributed by atoms with Crippen LogP contribution in [0.4, 0.5) is 5.88 Å². The Morgan fingerprint density at radius 1 is 1.33 bits per heavy atom. The summed E-state index contributed by atoms with van der Waals surface area (Å²) in [6, 6.07) is 5.98. The molecule has 92 valence electrons. The van der Waals surface area contributed by atoms with Crippen molar-refractivity contribution in [2.45, 2.75) is 6.92 Å². The average molecular weight is 243 g/mol. The Hall–Kier alpha value is -2.43. The second kappa shape index (κ2) is 3.80. The highest BCUT2D eigenvalue weighted by Crippen LogP contribution is 2.39. The number of aryl methyl sites for hydroxylation is 1. The van der Waals surface area contributed by atoms with Crippen LogP contribution in [0.15, 0.2) is 28.9 Å². The van der Waals surface area contributed by atoms with Gasteiger partial charge in [0.15, 0.2) is 0 Å². The van der Waals surface area contributed by atoms with Gasteiger partial charge in [0.25, 0.3) is 0 Å². The molecule has 0 saturated heterocycles. The predicted octanol–water partition coefficient (Wildman–Crippen LogP) is 2.72. The van der Waals surface area contributed by atoms with Crippen LogP contribution >= 0.6 is 0 Å². The maximum atomic E-state index is 5.75.